The number of nitrogens with two attached hydrogens (primary N) is 1. The Bertz CT molecular complexity index is 391. The number of likely N-dealkylation sites (N-methyl/N-ethyl adjacent to an activating group) is 1. The van der Waals surface area contributed by atoms with Crippen molar-refractivity contribution >= 4 is 11.6 Å². The highest BCUT2D eigenvalue weighted by Crippen LogP contribution is 2.14. The molecule has 1 aromatic carbocycles. The Hall–Kier alpha value is -1.55. The molecular formula is C13H20N2O2. The summed E-state index contributed by atoms with van der Waals surface area (Å²) in [7, 11) is 1.63. The number of aryl methyl sites for hydroxylation is 1. The molecule has 1 amide bonds. The number of benzene rings is 1. The maximum Gasteiger partial charge on any atom is 0.253 e. The zero-order chi connectivity index (χ0) is 12.8. The fourth-order valence-corrected chi connectivity index (χ4v) is 1.60. The van der Waals surface area contributed by atoms with Gasteiger partial charge in [-0.1, -0.05) is 0 Å². The summed E-state index contributed by atoms with van der Waals surface area (Å²) in [5.74, 6) is 0.0210. The maximum atomic E-state index is 12.2. The number of amides is 1. The van der Waals surface area contributed by atoms with Gasteiger partial charge in [-0.2, -0.15) is 0 Å². The van der Waals surface area contributed by atoms with E-state index >= 15 is 0 Å². The molecule has 0 aliphatic rings. The average Bonchev–Trinajstić information content (AvgIpc) is 2.33. The summed E-state index contributed by atoms with van der Waals surface area (Å²) in [6, 6.07) is 5.36. The van der Waals surface area contributed by atoms with Crippen molar-refractivity contribution in [1.82, 2.24) is 4.90 Å². The normalized spacial score (nSPS) is 10.3. The summed E-state index contributed by atoms with van der Waals surface area (Å²) in [5, 5.41) is 0. The molecular weight excluding hydrogens is 216 g/mol. The second-order valence-corrected chi connectivity index (χ2v) is 3.95. The van der Waals surface area contributed by atoms with Crippen LogP contribution >= 0.6 is 0 Å². The number of hydrogen-bond acceptors (Lipinski definition) is 3. The van der Waals surface area contributed by atoms with Gasteiger partial charge in [0.05, 0.1) is 6.61 Å². The van der Waals surface area contributed by atoms with Crippen LogP contribution in [0.5, 0.6) is 0 Å². The molecule has 0 radical (unpaired) electrons. The molecule has 94 valence electrons. The Morgan fingerprint density at radius 2 is 2.18 bits per heavy atom. The number of methoxy groups -OCH3 is 1. The van der Waals surface area contributed by atoms with Crippen molar-refractivity contribution in [2.45, 2.75) is 13.8 Å². The Morgan fingerprint density at radius 1 is 1.47 bits per heavy atom. The first kappa shape index (κ1) is 13.5. The minimum Gasteiger partial charge on any atom is -0.399 e. The van der Waals surface area contributed by atoms with Crippen LogP contribution in [0.4, 0.5) is 5.69 Å². The number of hydrogen-bond donors (Lipinski definition) is 1. The van der Waals surface area contributed by atoms with Gasteiger partial charge in [0.15, 0.2) is 0 Å². The summed E-state index contributed by atoms with van der Waals surface area (Å²) in [5.41, 5.74) is 8.05. The van der Waals surface area contributed by atoms with Crippen LogP contribution in [0.15, 0.2) is 18.2 Å². The molecule has 0 aliphatic heterocycles. The largest absolute Gasteiger partial charge is 0.399 e. The first-order valence-electron chi connectivity index (χ1n) is 5.74. The third-order valence-corrected chi connectivity index (χ3v) is 2.75. The summed E-state index contributed by atoms with van der Waals surface area (Å²) in [6.45, 7) is 5.68. The van der Waals surface area contributed by atoms with Crippen LogP contribution in [0.25, 0.3) is 0 Å². The van der Waals surface area contributed by atoms with Crippen LogP contribution < -0.4 is 5.73 Å². The molecule has 0 unspecified atom stereocenters. The first-order valence-corrected chi connectivity index (χ1v) is 5.74. The Morgan fingerprint density at radius 3 is 2.71 bits per heavy atom. The van der Waals surface area contributed by atoms with Gasteiger partial charge in [-0.15, -0.1) is 0 Å². The zero-order valence-electron chi connectivity index (χ0n) is 10.7. The molecule has 1 aromatic rings. The minimum atomic E-state index is 0.0210. The molecule has 17 heavy (non-hydrogen) atoms. The summed E-state index contributed by atoms with van der Waals surface area (Å²) >= 11 is 0. The van der Waals surface area contributed by atoms with Gasteiger partial charge in [0, 0.05) is 31.5 Å². The molecule has 0 saturated carbocycles. The molecule has 0 heterocycles. The molecule has 0 bridgehead atoms. The Kier molecular flexibility index (Phi) is 4.97. The van der Waals surface area contributed by atoms with Gasteiger partial charge < -0.3 is 15.4 Å². The van der Waals surface area contributed by atoms with Gasteiger partial charge in [-0.3, -0.25) is 4.79 Å². The van der Waals surface area contributed by atoms with E-state index < -0.39 is 0 Å². The molecule has 2 N–H and O–H groups in total. The lowest BCUT2D eigenvalue weighted by Gasteiger charge is -2.20. The van der Waals surface area contributed by atoms with E-state index in [1.165, 1.54) is 0 Å². The second kappa shape index (κ2) is 6.25. The van der Waals surface area contributed by atoms with E-state index in [9.17, 15) is 4.79 Å². The number of carbonyl (C=O) groups is 1. The summed E-state index contributed by atoms with van der Waals surface area (Å²) < 4.78 is 4.99. The van der Waals surface area contributed by atoms with Gasteiger partial charge in [-0.05, 0) is 37.6 Å². The van der Waals surface area contributed by atoms with E-state index in [1.807, 2.05) is 19.9 Å². The highest BCUT2D eigenvalue weighted by atomic mass is 16.5. The molecule has 4 nitrogen and oxygen atoms in total. The first-order chi connectivity index (χ1) is 8.10. The van der Waals surface area contributed by atoms with Gasteiger partial charge in [0.25, 0.3) is 5.91 Å². The fourth-order valence-electron chi connectivity index (χ4n) is 1.60. The third-order valence-electron chi connectivity index (χ3n) is 2.75. The molecule has 0 fully saturated rings. The zero-order valence-corrected chi connectivity index (χ0v) is 10.7. The van der Waals surface area contributed by atoms with Gasteiger partial charge >= 0.3 is 0 Å². The lowest BCUT2D eigenvalue weighted by Crippen LogP contribution is -2.33. The minimum absolute atomic E-state index is 0.0210. The Balaban J connectivity index is 2.82. The van der Waals surface area contributed by atoms with E-state index in [-0.39, 0.29) is 5.91 Å². The van der Waals surface area contributed by atoms with Crippen molar-refractivity contribution in [1.29, 1.82) is 0 Å². The molecule has 0 spiro atoms. The van der Waals surface area contributed by atoms with Gasteiger partial charge in [0.2, 0.25) is 0 Å². The SMILES string of the molecule is CCN(CCOC)C(=O)c1ccc(N)c(C)c1. The third kappa shape index (κ3) is 3.46. The van der Waals surface area contributed by atoms with Crippen molar-refractivity contribution < 1.29 is 9.53 Å². The molecule has 0 aromatic heterocycles. The fraction of sp³-hybridized carbons (Fsp3) is 0.462. The highest BCUT2D eigenvalue weighted by Gasteiger charge is 2.14. The predicted octanol–water partition coefficient (Wildman–Crippen LogP) is 1.69. The van der Waals surface area contributed by atoms with Crippen molar-refractivity contribution in [3.8, 4) is 0 Å². The number of anilines is 1. The lowest BCUT2D eigenvalue weighted by molar-refractivity contribution is 0.0706. The van der Waals surface area contributed by atoms with E-state index in [1.54, 1.807) is 24.1 Å². The average molecular weight is 236 g/mol. The smallest absolute Gasteiger partial charge is 0.253 e. The topological polar surface area (TPSA) is 55.6 Å². The highest BCUT2D eigenvalue weighted by molar-refractivity contribution is 5.94. The van der Waals surface area contributed by atoms with Crippen LogP contribution in [0.2, 0.25) is 0 Å². The lowest BCUT2D eigenvalue weighted by atomic mass is 10.1. The molecule has 1 rings (SSSR count). The number of carbonyl (C=O) groups excluding carboxylic acids is 1. The van der Waals surface area contributed by atoms with Crippen molar-refractivity contribution in [2.24, 2.45) is 0 Å². The standard InChI is InChI=1S/C13H20N2O2/c1-4-15(7-8-17-3)13(16)11-5-6-12(14)10(2)9-11/h5-6,9H,4,7-8,14H2,1-3H3. The second-order valence-electron chi connectivity index (χ2n) is 3.95. The molecule has 0 aliphatic carbocycles. The Labute approximate surface area is 102 Å². The number of nitrogens with zero attached hydrogens (tertiary/aromatic N) is 1. The molecule has 0 saturated heterocycles. The quantitative estimate of drug-likeness (QED) is 0.791. The summed E-state index contributed by atoms with van der Waals surface area (Å²) in [6.07, 6.45) is 0. The van der Waals surface area contributed by atoms with Gasteiger partial charge in [-0.25, -0.2) is 0 Å². The van der Waals surface area contributed by atoms with Crippen molar-refractivity contribution in [3.63, 3.8) is 0 Å². The monoisotopic (exact) mass is 236 g/mol. The van der Waals surface area contributed by atoms with Crippen LogP contribution in [0.1, 0.15) is 22.8 Å². The van der Waals surface area contributed by atoms with Crippen LogP contribution in [-0.2, 0) is 4.74 Å². The predicted molar refractivity (Wildman–Crippen MR) is 69.0 cm³/mol. The number of nitrogen functional groups attached to an aromatic ring is 1. The van der Waals surface area contributed by atoms with Crippen LogP contribution in [-0.4, -0.2) is 37.6 Å². The van der Waals surface area contributed by atoms with E-state index in [0.717, 1.165) is 5.56 Å². The van der Waals surface area contributed by atoms with E-state index in [2.05, 4.69) is 0 Å². The van der Waals surface area contributed by atoms with E-state index in [0.29, 0.717) is 30.9 Å². The van der Waals surface area contributed by atoms with Crippen LogP contribution in [0.3, 0.4) is 0 Å². The van der Waals surface area contributed by atoms with Gasteiger partial charge in [0.1, 0.15) is 0 Å². The number of ether oxygens (including phenoxy) is 1. The van der Waals surface area contributed by atoms with Crippen LogP contribution in [0, 0.1) is 6.92 Å². The van der Waals surface area contributed by atoms with Crippen molar-refractivity contribution in [3.05, 3.63) is 29.3 Å². The summed E-state index contributed by atoms with van der Waals surface area (Å²) in [4.78, 5) is 13.9. The molecule has 0 atom stereocenters. The van der Waals surface area contributed by atoms with E-state index in [4.69, 9.17) is 10.5 Å². The van der Waals surface area contributed by atoms with Crippen molar-refractivity contribution in [2.75, 3.05) is 32.5 Å². The maximum absolute atomic E-state index is 12.2. The molecule has 4 heteroatoms. The number of rotatable bonds is 5.